The molecule has 1 aliphatic heterocycles. The number of sulfonamides is 1. The number of hydrogen-bond acceptors (Lipinski definition) is 7. The first-order valence-electron chi connectivity index (χ1n) is 10.5. The molecule has 0 spiro atoms. The van der Waals surface area contributed by atoms with Gasteiger partial charge >= 0.3 is 0 Å². The molecular weight excluding hydrogens is 529 g/mol. The van der Waals surface area contributed by atoms with Crippen LogP contribution in [0, 0.1) is 29.1 Å². The quantitative estimate of drug-likeness (QED) is 0.253. The second-order valence-corrected chi connectivity index (χ2v) is 10.5. The number of piperazine rings is 1. The van der Waals surface area contributed by atoms with Gasteiger partial charge in [0.2, 0.25) is 15.8 Å². The van der Waals surface area contributed by atoms with Crippen LogP contribution in [0.3, 0.4) is 0 Å². The third kappa shape index (κ3) is 4.84. The van der Waals surface area contributed by atoms with Gasteiger partial charge in [-0.2, -0.15) is 4.31 Å². The van der Waals surface area contributed by atoms with E-state index in [4.69, 9.17) is 9.47 Å². The fourth-order valence-electron chi connectivity index (χ4n) is 3.76. The summed E-state index contributed by atoms with van der Waals surface area (Å²) in [6.45, 7) is -0.253. The van der Waals surface area contributed by atoms with Gasteiger partial charge in [-0.15, -0.1) is 11.3 Å². The second-order valence-electron chi connectivity index (χ2n) is 7.81. The van der Waals surface area contributed by atoms with Crippen molar-refractivity contribution in [3.63, 3.8) is 0 Å². The normalized spacial score (nSPS) is 14.8. The van der Waals surface area contributed by atoms with Gasteiger partial charge in [-0.1, -0.05) is 0 Å². The number of ether oxygens (including phenoxy) is 2. The molecule has 0 unspecified atom stereocenters. The van der Waals surface area contributed by atoms with E-state index < -0.39 is 44.0 Å². The van der Waals surface area contributed by atoms with E-state index in [0.717, 1.165) is 11.3 Å². The van der Waals surface area contributed by atoms with Crippen molar-refractivity contribution in [1.29, 1.82) is 0 Å². The van der Waals surface area contributed by atoms with Gasteiger partial charge in [-0.25, -0.2) is 35.4 Å². The molecular formula is C22H20F5N3O4S2. The molecule has 7 nitrogen and oxygen atoms in total. The average molecular weight is 550 g/mol. The van der Waals surface area contributed by atoms with Gasteiger partial charge < -0.3 is 14.4 Å². The Hall–Kier alpha value is -2.97. The van der Waals surface area contributed by atoms with Crippen molar-refractivity contribution in [2.75, 3.05) is 45.3 Å². The van der Waals surface area contributed by atoms with Crippen molar-refractivity contribution in [3.8, 4) is 11.5 Å². The van der Waals surface area contributed by atoms with Gasteiger partial charge in [0.1, 0.15) is 11.5 Å². The zero-order valence-corrected chi connectivity index (χ0v) is 20.7. The fourth-order valence-corrected chi connectivity index (χ4v) is 6.17. The predicted octanol–water partition coefficient (Wildman–Crippen LogP) is 3.96. The molecule has 0 N–H and O–H groups in total. The summed E-state index contributed by atoms with van der Waals surface area (Å²) in [6.07, 6.45) is 0.485. The zero-order chi connectivity index (χ0) is 26.2. The van der Waals surface area contributed by atoms with Crippen LogP contribution in [0.5, 0.6) is 11.5 Å². The van der Waals surface area contributed by atoms with E-state index in [1.54, 1.807) is 25.2 Å². The van der Waals surface area contributed by atoms with Crippen molar-refractivity contribution in [2.45, 2.75) is 11.3 Å². The predicted molar refractivity (Wildman–Crippen MR) is 122 cm³/mol. The number of thiazole rings is 1. The monoisotopic (exact) mass is 549 g/mol. The average Bonchev–Trinajstić information content (AvgIpc) is 3.34. The summed E-state index contributed by atoms with van der Waals surface area (Å²) in [7, 11) is -1.88. The summed E-state index contributed by atoms with van der Waals surface area (Å²) < 4.78 is 105. The maximum Gasteiger partial charge on any atom is 0.249 e. The van der Waals surface area contributed by atoms with Crippen LogP contribution in [0.25, 0.3) is 0 Å². The molecule has 194 valence electrons. The Balaban J connectivity index is 1.47. The summed E-state index contributed by atoms with van der Waals surface area (Å²) >= 11 is 1.33. The van der Waals surface area contributed by atoms with Crippen LogP contribution in [0.1, 0.15) is 11.3 Å². The molecule has 1 aliphatic rings. The molecule has 2 heterocycles. The largest absolute Gasteiger partial charge is 0.497 e. The van der Waals surface area contributed by atoms with Crippen LogP contribution in [-0.4, -0.2) is 58.1 Å². The third-order valence-corrected chi connectivity index (χ3v) is 8.48. The topological polar surface area (TPSA) is 72.0 Å². The fraction of sp³-hybridized carbons (Fsp3) is 0.318. The Labute approximate surface area is 207 Å². The number of benzene rings is 2. The van der Waals surface area contributed by atoms with Crippen LogP contribution in [0.15, 0.2) is 28.5 Å². The van der Waals surface area contributed by atoms with Gasteiger partial charge in [0.15, 0.2) is 33.3 Å². The van der Waals surface area contributed by atoms with Crippen LogP contribution >= 0.6 is 11.3 Å². The second kappa shape index (κ2) is 10.2. The molecule has 0 amide bonds. The lowest BCUT2D eigenvalue weighted by molar-refractivity contribution is 0.344. The number of hydrogen-bond donors (Lipinski definition) is 0. The van der Waals surface area contributed by atoms with Crippen LogP contribution in [-0.2, 0) is 16.4 Å². The Morgan fingerprint density at radius 1 is 0.861 bits per heavy atom. The molecule has 0 radical (unpaired) electrons. The van der Waals surface area contributed by atoms with Crippen molar-refractivity contribution in [2.24, 2.45) is 0 Å². The van der Waals surface area contributed by atoms with E-state index >= 15 is 0 Å². The Morgan fingerprint density at radius 2 is 1.39 bits per heavy atom. The van der Waals surface area contributed by atoms with E-state index in [2.05, 4.69) is 4.98 Å². The number of rotatable bonds is 7. The standard InChI is InChI=1S/C22H20F5N3O4S2/c1-33-14-8-12(9-15(10-14)34-2)7-13-11-35-22(28-13)29-3-5-30(6-4-29)36(31,32)21-19(26)17(24)16(23)18(25)20(21)27/h8-11H,3-7H2,1-2H3. The molecule has 1 saturated heterocycles. The molecule has 0 saturated carbocycles. The maximum absolute atomic E-state index is 14.1. The van der Waals surface area contributed by atoms with Crippen LogP contribution < -0.4 is 14.4 Å². The highest BCUT2D eigenvalue weighted by Crippen LogP contribution is 2.31. The van der Waals surface area contributed by atoms with E-state index in [1.807, 2.05) is 17.5 Å². The molecule has 0 aliphatic carbocycles. The number of halogens is 5. The van der Waals surface area contributed by atoms with E-state index in [-0.39, 0.29) is 26.2 Å². The maximum atomic E-state index is 14.1. The molecule has 3 aromatic rings. The van der Waals surface area contributed by atoms with Crippen molar-refractivity contribution >= 4 is 26.5 Å². The Kier molecular flexibility index (Phi) is 7.38. The van der Waals surface area contributed by atoms with Crippen molar-refractivity contribution < 1.29 is 39.8 Å². The van der Waals surface area contributed by atoms with Gasteiger partial charge in [0.05, 0.1) is 19.9 Å². The molecule has 2 aromatic carbocycles. The molecule has 14 heteroatoms. The highest BCUT2D eigenvalue weighted by Gasteiger charge is 2.38. The van der Waals surface area contributed by atoms with E-state index in [9.17, 15) is 30.4 Å². The Bertz CT molecular complexity index is 1340. The zero-order valence-electron chi connectivity index (χ0n) is 19.0. The molecule has 0 bridgehead atoms. The number of methoxy groups -OCH3 is 2. The molecule has 0 atom stereocenters. The molecule has 1 fully saturated rings. The van der Waals surface area contributed by atoms with Gasteiger partial charge in [0.25, 0.3) is 0 Å². The number of nitrogens with zero attached hydrogens (tertiary/aromatic N) is 3. The number of aromatic nitrogens is 1. The van der Waals surface area contributed by atoms with Gasteiger partial charge in [-0.05, 0) is 17.7 Å². The first-order chi connectivity index (χ1) is 17.1. The summed E-state index contributed by atoms with van der Waals surface area (Å²) in [6, 6.07) is 5.45. The van der Waals surface area contributed by atoms with Crippen molar-refractivity contribution in [3.05, 3.63) is 63.9 Å². The third-order valence-electron chi connectivity index (χ3n) is 5.61. The van der Waals surface area contributed by atoms with E-state index in [1.165, 1.54) is 11.3 Å². The lowest BCUT2D eigenvalue weighted by atomic mass is 10.1. The summed E-state index contributed by atoms with van der Waals surface area (Å²) in [4.78, 5) is 4.51. The first-order valence-corrected chi connectivity index (χ1v) is 12.8. The Morgan fingerprint density at radius 3 is 1.92 bits per heavy atom. The van der Waals surface area contributed by atoms with Crippen molar-refractivity contribution in [1.82, 2.24) is 9.29 Å². The molecule has 1 aromatic heterocycles. The minimum absolute atomic E-state index is 0.106. The molecule has 4 rings (SSSR count). The molecule has 36 heavy (non-hydrogen) atoms. The smallest absolute Gasteiger partial charge is 0.249 e. The van der Waals surface area contributed by atoms with Gasteiger partial charge in [-0.3, -0.25) is 0 Å². The highest BCUT2D eigenvalue weighted by atomic mass is 32.2. The lowest BCUT2D eigenvalue weighted by Crippen LogP contribution is -2.49. The first kappa shape index (κ1) is 26.1. The minimum atomic E-state index is -4.97. The summed E-state index contributed by atoms with van der Waals surface area (Å²) in [5.74, 6) is -10.5. The highest BCUT2D eigenvalue weighted by molar-refractivity contribution is 7.89. The van der Waals surface area contributed by atoms with E-state index in [0.29, 0.717) is 27.4 Å². The summed E-state index contributed by atoms with van der Waals surface area (Å²) in [5.41, 5.74) is 1.66. The lowest BCUT2D eigenvalue weighted by Gasteiger charge is -2.33. The minimum Gasteiger partial charge on any atom is -0.497 e. The number of anilines is 1. The summed E-state index contributed by atoms with van der Waals surface area (Å²) in [5, 5.41) is 2.45. The SMILES string of the molecule is COc1cc(Cc2csc(N3CCN(S(=O)(=O)c4c(F)c(F)c(F)c(F)c4F)CC3)n2)cc(OC)c1. The van der Waals surface area contributed by atoms with Gasteiger partial charge in [0, 0.05) is 44.0 Å². The van der Waals surface area contributed by atoms with Crippen LogP contribution in [0.4, 0.5) is 27.1 Å². The van der Waals surface area contributed by atoms with Crippen LogP contribution in [0.2, 0.25) is 0 Å².